The van der Waals surface area contributed by atoms with Gasteiger partial charge in [-0.1, -0.05) is 19.9 Å². The zero-order valence-corrected chi connectivity index (χ0v) is 20.4. The minimum atomic E-state index is -0.888. The van der Waals surface area contributed by atoms with E-state index in [0.717, 1.165) is 18.4 Å². The van der Waals surface area contributed by atoms with Gasteiger partial charge in [0.1, 0.15) is 11.5 Å². The molecule has 2 heterocycles. The summed E-state index contributed by atoms with van der Waals surface area (Å²) in [7, 11) is 3.02. The molecule has 1 amide bonds. The summed E-state index contributed by atoms with van der Waals surface area (Å²) < 4.78 is 16.3. The Kier molecular flexibility index (Phi) is 7.03. The number of rotatable bonds is 7. The Morgan fingerprint density at radius 3 is 2.43 bits per heavy atom. The maximum absolute atomic E-state index is 13.3. The van der Waals surface area contributed by atoms with Crippen LogP contribution in [0.15, 0.2) is 42.0 Å². The molecule has 2 aliphatic heterocycles. The normalized spacial score (nSPS) is 21.7. The maximum Gasteiger partial charge on any atom is 0.295 e. The van der Waals surface area contributed by atoms with Gasteiger partial charge >= 0.3 is 0 Å². The third kappa shape index (κ3) is 4.58. The first kappa shape index (κ1) is 24.6. The van der Waals surface area contributed by atoms with Gasteiger partial charge in [0.15, 0.2) is 11.5 Å². The molecule has 35 heavy (non-hydrogen) atoms. The van der Waals surface area contributed by atoms with E-state index in [1.54, 1.807) is 37.4 Å². The molecule has 2 N–H and O–H groups in total. The maximum atomic E-state index is 13.3. The molecule has 2 aliphatic rings. The number of hydrogen-bond donors (Lipinski definition) is 2. The molecule has 0 aromatic heterocycles. The van der Waals surface area contributed by atoms with Gasteiger partial charge in [-0.3, -0.25) is 9.59 Å². The van der Waals surface area contributed by atoms with E-state index in [2.05, 4.69) is 0 Å². The fourth-order valence-electron chi connectivity index (χ4n) is 4.79. The highest BCUT2D eigenvalue weighted by molar-refractivity contribution is 6.46. The van der Waals surface area contributed by atoms with E-state index in [-0.39, 0.29) is 41.4 Å². The van der Waals surface area contributed by atoms with Crippen LogP contribution in [0, 0.1) is 0 Å². The number of aliphatic hydroxyl groups excluding tert-OH is 1. The number of ketones is 1. The lowest BCUT2D eigenvalue weighted by molar-refractivity contribution is -0.140. The van der Waals surface area contributed by atoms with Crippen LogP contribution in [0.4, 0.5) is 0 Å². The van der Waals surface area contributed by atoms with Crippen molar-refractivity contribution >= 4 is 17.4 Å². The average Bonchev–Trinajstić information content (AvgIpc) is 3.45. The van der Waals surface area contributed by atoms with Crippen molar-refractivity contribution in [3.8, 4) is 17.2 Å². The summed E-state index contributed by atoms with van der Waals surface area (Å²) in [6.45, 7) is 4.82. The molecule has 8 heteroatoms. The molecule has 0 radical (unpaired) electrons. The van der Waals surface area contributed by atoms with Crippen LogP contribution in [0.2, 0.25) is 0 Å². The summed E-state index contributed by atoms with van der Waals surface area (Å²) >= 11 is 0. The molecule has 2 unspecified atom stereocenters. The Balaban J connectivity index is 1.86. The van der Waals surface area contributed by atoms with E-state index in [9.17, 15) is 19.8 Å². The number of carbonyl (C=O) groups excluding carboxylic acids is 2. The van der Waals surface area contributed by atoms with E-state index in [1.807, 2.05) is 13.8 Å². The van der Waals surface area contributed by atoms with Crippen molar-refractivity contribution < 1.29 is 34.0 Å². The van der Waals surface area contributed by atoms with E-state index in [4.69, 9.17) is 14.2 Å². The summed E-state index contributed by atoms with van der Waals surface area (Å²) in [5, 5.41) is 21.8. The third-order valence-electron chi connectivity index (χ3n) is 6.61. The quantitative estimate of drug-likeness (QED) is 0.348. The molecule has 0 bridgehead atoms. The van der Waals surface area contributed by atoms with E-state index >= 15 is 0 Å². The number of hydrogen-bond acceptors (Lipinski definition) is 7. The number of nitrogens with zero attached hydrogens (tertiary/aromatic N) is 1. The molecule has 2 atom stereocenters. The number of carbonyl (C=O) groups is 2. The topological polar surface area (TPSA) is 106 Å². The van der Waals surface area contributed by atoms with Gasteiger partial charge in [0, 0.05) is 18.7 Å². The van der Waals surface area contributed by atoms with Crippen molar-refractivity contribution in [1.29, 1.82) is 0 Å². The van der Waals surface area contributed by atoms with Crippen LogP contribution in [0.25, 0.3) is 5.76 Å². The molecule has 0 aliphatic carbocycles. The molecule has 8 nitrogen and oxygen atoms in total. The first-order chi connectivity index (χ1) is 16.8. The predicted molar refractivity (Wildman–Crippen MR) is 130 cm³/mol. The predicted octanol–water partition coefficient (Wildman–Crippen LogP) is 4.13. The Labute approximate surface area is 204 Å². The second-order valence-electron chi connectivity index (χ2n) is 9.13. The van der Waals surface area contributed by atoms with Crippen molar-refractivity contribution in [2.45, 2.75) is 44.8 Å². The van der Waals surface area contributed by atoms with Crippen molar-refractivity contribution in [3.63, 3.8) is 0 Å². The molecule has 2 aromatic carbocycles. The van der Waals surface area contributed by atoms with E-state index < -0.39 is 17.7 Å². The summed E-state index contributed by atoms with van der Waals surface area (Å²) in [4.78, 5) is 27.9. The average molecular weight is 482 g/mol. The van der Waals surface area contributed by atoms with Crippen molar-refractivity contribution in [1.82, 2.24) is 4.90 Å². The Morgan fingerprint density at radius 1 is 1.11 bits per heavy atom. The lowest BCUT2D eigenvalue weighted by Crippen LogP contribution is -2.36. The monoisotopic (exact) mass is 481 g/mol. The van der Waals surface area contributed by atoms with Crippen LogP contribution >= 0.6 is 0 Å². The SMILES string of the molecule is COc1ccc(C2/C(=C(/O)c3ccc(OC)c(C(C)C)c3)C(=O)C(=O)N2CC2CCCO2)cc1O. The van der Waals surface area contributed by atoms with Crippen LogP contribution in [-0.4, -0.2) is 60.3 Å². The summed E-state index contributed by atoms with van der Waals surface area (Å²) in [5.74, 6) is -0.840. The van der Waals surface area contributed by atoms with Crippen molar-refractivity contribution in [3.05, 3.63) is 58.7 Å². The number of methoxy groups -OCH3 is 2. The van der Waals surface area contributed by atoms with Gasteiger partial charge in [-0.05, 0) is 60.2 Å². The lowest BCUT2D eigenvalue weighted by atomic mass is 9.93. The fourth-order valence-corrected chi connectivity index (χ4v) is 4.79. The Bertz CT molecular complexity index is 1160. The molecular weight excluding hydrogens is 450 g/mol. The molecule has 2 saturated heterocycles. The number of ether oxygens (including phenoxy) is 3. The van der Waals surface area contributed by atoms with Crippen LogP contribution in [0.3, 0.4) is 0 Å². The number of phenols is 1. The van der Waals surface area contributed by atoms with Crippen LogP contribution < -0.4 is 9.47 Å². The lowest BCUT2D eigenvalue weighted by Gasteiger charge is -2.27. The minimum absolute atomic E-state index is 0.0302. The third-order valence-corrected chi connectivity index (χ3v) is 6.61. The van der Waals surface area contributed by atoms with Crippen molar-refractivity contribution in [2.75, 3.05) is 27.4 Å². The van der Waals surface area contributed by atoms with Gasteiger partial charge in [0.25, 0.3) is 11.7 Å². The minimum Gasteiger partial charge on any atom is -0.507 e. The highest BCUT2D eigenvalue weighted by Gasteiger charge is 2.47. The largest absolute Gasteiger partial charge is 0.507 e. The van der Waals surface area contributed by atoms with Crippen LogP contribution in [-0.2, 0) is 14.3 Å². The number of Topliss-reactive ketones (excluding diaryl/α,β-unsaturated/α-hetero) is 1. The van der Waals surface area contributed by atoms with Gasteiger partial charge in [0.2, 0.25) is 0 Å². The Morgan fingerprint density at radius 2 is 1.83 bits per heavy atom. The van der Waals surface area contributed by atoms with Crippen molar-refractivity contribution in [2.24, 2.45) is 0 Å². The highest BCUT2D eigenvalue weighted by atomic mass is 16.5. The molecule has 4 rings (SSSR count). The Hall–Kier alpha value is -3.52. The summed E-state index contributed by atoms with van der Waals surface area (Å²) in [5.41, 5.74) is 1.73. The van der Waals surface area contributed by atoms with Gasteiger partial charge in [-0.2, -0.15) is 0 Å². The number of aliphatic hydroxyl groups is 1. The molecular formula is C27H31NO7. The molecule has 186 valence electrons. The first-order valence-electron chi connectivity index (χ1n) is 11.7. The second kappa shape index (κ2) is 10.00. The number of amides is 1. The van der Waals surface area contributed by atoms with Gasteiger partial charge in [0.05, 0.1) is 31.9 Å². The molecule has 0 spiro atoms. The number of likely N-dealkylation sites (tertiary alicyclic amines) is 1. The second-order valence-corrected chi connectivity index (χ2v) is 9.13. The zero-order chi connectivity index (χ0) is 25.3. The zero-order valence-electron chi connectivity index (χ0n) is 20.4. The first-order valence-corrected chi connectivity index (χ1v) is 11.7. The van der Waals surface area contributed by atoms with Gasteiger partial charge in [-0.15, -0.1) is 0 Å². The van der Waals surface area contributed by atoms with Crippen LogP contribution in [0.1, 0.15) is 55.3 Å². The number of aromatic hydroxyl groups is 1. The smallest absolute Gasteiger partial charge is 0.295 e. The van der Waals surface area contributed by atoms with E-state index in [0.29, 0.717) is 23.5 Å². The molecule has 2 aromatic rings. The summed E-state index contributed by atoms with van der Waals surface area (Å²) in [6, 6.07) is 8.99. The summed E-state index contributed by atoms with van der Waals surface area (Å²) in [6.07, 6.45) is 1.46. The molecule has 0 saturated carbocycles. The van der Waals surface area contributed by atoms with Crippen LogP contribution in [0.5, 0.6) is 17.2 Å². The van der Waals surface area contributed by atoms with Gasteiger partial charge in [-0.25, -0.2) is 0 Å². The standard InChI is InChI=1S/C27H31NO7/c1-15(2)19-12-17(8-9-21(19)33-3)25(30)23-24(16-7-10-22(34-4)20(29)13-16)28(27(32)26(23)31)14-18-6-5-11-35-18/h7-10,12-13,15,18,24,29-30H,5-6,11,14H2,1-4H3/b25-23-. The van der Waals surface area contributed by atoms with Gasteiger partial charge < -0.3 is 29.3 Å². The highest BCUT2D eigenvalue weighted by Crippen LogP contribution is 2.43. The fraction of sp³-hybridized carbons (Fsp3) is 0.407. The number of phenolic OH excluding ortho intramolecular Hbond substituents is 1. The van der Waals surface area contributed by atoms with E-state index in [1.165, 1.54) is 18.1 Å². The number of benzene rings is 2. The molecule has 2 fully saturated rings.